The lowest BCUT2D eigenvalue weighted by atomic mass is 9.48. The van der Waals surface area contributed by atoms with Crippen molar-refractivity contribution in [2.45, 2.75) is 50.9 Å². The molecule has 1 amide bonds. The molecule has 6 rings (SSSR count). The molecule has 4 saturated carbocycles. The molecule has 4 bridgehead atoms. The molecule has 0 radical (unpaired) electrons. The Hall–Kier alpha value is -2.05. The zero-order valence-corrected chi connectivity index (χ0v) is 20.8. The highest BCUT2D eigenvalue weighted by Crippen LogP contribution is 2.60. The Morgan fingerprint density at radius 3 is 2.15 bits per heavy atom. The van der Waals surface area contributed by atoms with Crippen LogP contribution in [-0.2, 0) is 20.2 Å². The normalized spacial score (nSPS) is 28.0. The van der Waals surface area contributed by atoms with Crippen molar-refractivity contribution >= 4 is 38.9 Å². The first-order chi connectivity index (χ1) is 15.6. The summed E-state index contributed by atoms with van der Waals surface area (Å²) < 4.78 is 26.0. The molecule has 4 fully saturated rings. The molecular weight excluding hydrogens is 456 g/mol. The van der Waals surface area contributed by atoms with Gasteiger partial charge in [0.15, 0.2) is 0 Å². The number of nitrogens with zero attached hydrogens (tertiary/aromatic N) is 1. The number of nitrogens with one attached hydrogen (secondary N) is 1. The zero-order chi connectivity index (χ0) is 23.4. The molecule has 0 heterocycles. The van der Waals surface area contributed by atoms with Crippen molar-refractivity contribution in [3.05, 3.63) is 58.6 Å². The predicted molar refractivity (Wildman–Crippen MR) is 133 cm³/mol. The minimum atomic E-state index is -3.66. The molecule has 0 aliphatic heterocycles. The number of rotatable bonds is 6. The summed E-state index contributed by atoms with van der Waals surface area (Å²) in [5.74, 6) is 2.26. The van der Waals surface area contributed by atoms with E-state index in [1.54, 1.807) is 25.1 Å². The third-order valence-corrected chi connectivity index (χ3v) is 9.55. The number of carbonyl (C=O) groups excluding carboxylic acids is 1. The minimum Gasteiger partial charge on any atom is -0.325 e. The zero-order valence-electron chi connectivity index (χ0n) is 19.2. The van der Waals surface area contributed by atoms with Gasteiger partial charge >= 0.3 is 0 Å². The van der Waals surface area contributed by atoms with E-state index in [0.29, 0.717) is 27.4 Å². The molecule has 7 heteroatoms. The molecule has 0 atom stereocenters. The number of hydrogen-bond acceptors (Lipinski definition) is 3. The Morgan fingerprint density at radius 2 is 1.61 bits per heavy atom. The van der Waals surface area contributed by atoms with Gasteiger partial charge in [-0.2, -0.15) is 0 Å². The van der Waals surface area contributed by atoms with Gasteiger partial charge in [-0.05, 0) is 104 Å². The van der Waals surface area contributed by atoms with Crippen LogP contribution in [0.15, 0.2) is 42.5 Å². The minimum absolute atomic E-state index is 0.309. The molecule has 0 saturated heterocycles. The molecule has 2 aromatic rings. The highest BCUT2D eigenvalue weighted by Gasteiger charge is 2.51. The van der Waals surface area contributed by atoms with Crippen LogP contribution in [0, 0.1) is 24.7 Å². The van der Waals surface area contributed by atoms with Crippen LogP contribution < -0.4 is 9.62 Å². The largest absolute Gasteiger partial charge is 0.325 e. The first kappa shape index (κ1) is 22.7. The fourth-order valence-electron chi connectivity index (χ4n) is 6.95. The van der Waals surface area contributed by atoms with Crippen LogP contribution in [0.4, 0.5) is 11.4 Å². The summed E-state index contributed by atoms with van der Waals surface area (Å²) in [6.07, 6.45) is 9.23. The van der Waals surface area contributed by atoms with Gasteiger partial charge in [-0.15, -0.1) is 0 Å². The lowest BCUT2D eigenvalue weighted by Crippen LogP contribution is -2.48. The first-order valence-corrected chi connectivity index (χ1v) is 14.0. The standard InChI is InChI=1S/C26H31ClN2O3S/c1-17-23(27)4-3-5-24(17)29(33(2,31)32)16-25(30)28-22-8-6-21(7-9-22)26-13-18-10-19(14-26)12-20(11-18)15-26/h3-9,18-20H,10-16H2,1-2H3,(H,28,30). The lowest BCUT2D eigenvalue weighted by Gasteiger charge is -2.57. The average Bonchev–Trinajstić information content (AvgIpc) is 2.73. The van der Waals surface area contributed by atoms with Gasteiger partial charge < -0.3 is 5.32 Å². The van der Waals surface area contributed by atoms with Crippen molar-refractivity contribution in [1.82, 2.24) is 0 Å². The smallest absolute Gasteiger partial charge is 0.245 e. The summed E-state index contributed by atoms with van der Waals surface area (Å²) >= 11 is 6.18. The van der Waals surface area contributed by atoms with Gasteiger partial charge in [-0.25, -0.2) is 8.42 Å². The molecule has 1 N–H and O–H groups in total. The van der Waals surface area contributed by atoms with Crippen LogP contribution in [0.5, 0.6) is 0 Å². The summed E-state index contributed by atoms with van der Waals surface area (Å²) in [4.78, 5) is 12.8. The number of benzene rings is 2. The van der Waals surface area contributed by atoms with Crippen LogP contribution >= 0.6 is 11.6 Å². The fourth-order valence-corrected chi connectivity index (χ4v) is 8.03. The highest BCUT2D eigenvalue weighted by molar-refractivity contribution is 7.92. The summed E-state index contributed by atoms with van der Waals surface area (Å²) in [6, 6.07) is 13.3. The summed E-state index contributed by atoms with van der Waals surface area (Å²) in [7, 11) is -3.66. The molecule has 176 valence electrons. The fraction of sp³-hybridized carbons (Fsp3) is 0.500. The van der Waals surface area contributed by atoms with Gasteiger partial charge in [-0.1, -0.05) is 29.8 Å². The van der Waals surface area contributed by atoms with Gasteiger partial charge in [0.2, 0.25) is 15.9 Å². The van der Waals surface area contributed by atoms with E-state index in [1.165, 1.54) is 44.1 Å². The van der Waals surface area contributed by atoms with Crippen LogP contribution in [0.1, 0.15) is 49.7 Å². The maximum absolute atomic E-state index is 12.8. The first-order valence-electron chi connectivity index (χ1n) is 11.8. The van der Waals surface area contributed by atoms with E-state index in [4.69, 9.17) is 11.6 Å². The molecule has 5 nitrogen and oxygen atoms in total. The van der Waals surface area contributed by atoms with Crippen LogP contribution in [0.3, 0.4) is 0 Å². The number of anilines is 2. The van der Waals surface area contributed by atoms with Crippen molar-refractivity contribution in [2.24, 2.45) is 17.8 Å². The monoisotopic (exact) mass is 486 g/mol. The van der Waals surface area contributed by atoms with E-state index in [2.05, 4.69) is 17.4 Å². The second-order valence-corrected chi connectivity index (χ2v) is 12.8. The molecule has 2 aromatic carbocycles. The SMILES string of the molecule is Cc1c(Cl)cccc1N(CC(=O)Nc1ccc(C23CC4CC(CC(C4)C2)C3)cc1)S(C)(=O)=O. The third kappa shape index (κ3) is 4.40. The van der Waals surface area contributed by atoms with Crippen molar-refractivity contribution in [3.63, 3.8) is 0 Å². The topological polar surface area (TPSA) is 66.5 Å². The van der Waals surface area contributed by atoms with Gasteiger partial charge in [0.1, 0.15) is 6.54 Å². The van der Waals surface area contributed by atoms with Crippen molar-refractivity contribution < 1.29 is 13.2 Å². The Kier molecular flexibility index (Phi) is 5.73. The molecule has 0 aromatic heterocycles. The summed E-state index contributed by atoms with van der Waals surface area (Å²) in [5, 5.41) is 3.33. The predicted octanol–water partition coefficient (Wildman–Crippen LogP) is 5.52. The van der Waals surface area contributed by atoms with E-state index < -0.39 is 10.0 Å². The highest BCUT2D eigenvalue weighted by atomic mass is 35.5. The van der Waals surface area contributed by atoms with Crippen LogP contribution in [0.2, 0.25) is 5.02 Å². The Morgan fingerprint density at radius 1 is 1.03 bits per heavy atom. The maximum Gasteiger partial charge on any atom is 0.245 e. The number of hydrogen-bond donors (Lipinski definition) is 1. The lowest BCUT2D eigenvalue weighted by molar-refractivity contribution is -0.114. The average molecular weight is 487 g/mol. The molecule has 33 heavy (non-hydrogen) atoms. The number of amides is 1. The van der Waals surface area contributed by atoms with E-state index in [1.807, 2.05) is 12.1 Å². The van der Waals surface area contributed by atoms with Gasteiger partial charge in [0, 0.05) is 10.7 Å². The Labute approximate surface area is 201 Å². The molecular formula is C26H31ClN2O3S. The Bertz CT molecular complexity index is 1140. The number of halogens is 1. The van der Waals surface area contributed by atoms with Crippen LogP contribution in [0.25, 0.3) is 0 Å². The van der Waals surface area contributed by atoms with Gasteiger partial charge in [0.25, 0.3) is 0 Å². The summed E-state index contributed by atoms with van der Waals surface area (Å²) in [6.45, 7) is 1.44. The maximum atomic E-state index is 12.8. The molecule has 0 spiro atoms. The van der Waals surface area contributed by atoms with E-state index in [-0.39, 0.29) is 12.5 Å². The second-order valence-electron chi connectivity index (χ2n) is 10.5. The van der Waals surface area contributed by atoms with Gasteiger partial charge in [-0.3, -0.25) is 9.10 Å². The van der Waals surface area contributed by atoms with Crippen molar-refractivity contribution in [3.8, 4) is 0 Å². The van der Waals surface area contributed by atoms with E-state index in [9.17, 15) is 13.2 Å². The molecule has 4 aliphatic rings. The van der Waals surface area contributed by atoms with E-state index >= 15 is 0 Å². The van der Waals surface area contributed by atoms with E-state index in [0.717, 1.165) is 28.3 Å². The molecule has 0 unspecified atom stereocenters. The number of carbonyl (C=O) groups is 1. The quantitative estimate of drug-likeness (QED) is 0.584. The Balaban J connectivity index is 1.30. The second kappa shape index (κ2) is 8.31. The van der Waals surface area contributed by atoms with Crippen molar-refractivity contribution in [2.75, 3.05) is 22.4 Å². The number of sulfonamides is 1. The van der Waals surface area contributed by atoms with Crippen LogP contribution in [-0.4, -0.2) is 27.1 Å². The third-order valence-electron chi connectivity index (χ3n) is 8.01. The molecule has 4 aliphatic carbocycles. The van der Waals surface area contributed by atoms with Gasteiger partial charge in [0.05, 0.1) is 11.9 Å². The summed E-state index contributed by atoms with van der Waals surface area (Å²) in [5.41, 5.74) is 3.43. The van der Waals surface area contributed by atoms with Crippen molar-refractivity contribution in [1.29, 1.82) is 0 Å².